The Hall–Kier alpha value is -4.04. The highest BCUT2D eigenvalue weighted by Gasteiger charge is 2.18. The number of rotatable bonds is 7. The number of nitrogens with zero attached hydrogens (tertiary/aromatic N) is 2. The molecule has 7 nitrogen and oxygen atoms in total. The lowest BCUT2D eigenvalue weighted by molar-refractivity contribution is 0.0911. The van der Waals surface area contributed by atoms with Crippen molar-refractivity contribution < 1.29 is 14.3 Å². The number of halogens is 1. The van der Waals surface area contributed by atoms with Crippen LogP contribution in [-0.2, 0) is 0 Å². The van der Waals surface area contributed by atoms with E-state index in [-0.39, 0.29) is 18.3 Å². The molecule has 4 N–H and O–H groups in total. The van der Waals surface area contributed by atoms with Crippen LogP contribution in [0.1, 0.15) is 38.8 Å². The second kappa shape index (κ2) is 9.84. The average Bonchev–Trinajstić information content (AvgIpc) is 3.32. The Kier molecular flexibility index (Phi) is 6.70. The van der Waals surface area contributed by atoms with Gasteiger partial charge in [-0.3, -0.25) is 4.79 Å². The molecule has 0 spiro atoms. The number of carbonyl (C=O) groups excluding carboxylic acids is 1. The zero-order valence-electron chi connectivity index (χ0n) is 19.2. The second-order valence-electron chi connectivity index (χ2n) is 8.19. The fourth-order valence-electron chi connectivity index (χ4n) is 3.68. The molecule has 0 bridgehead atoms. The van der Waals surface area contributed by atoms with E-state index in [2.05, 4.69) is 25.6 Å². The standard InChI is InChI=1S/C26H26FN5O2/c1-15-6-4-7-18(10-15)23(14-33)30-25(34)22-11-19(13-28-22)24-16(2)12-29-26(32-24)31-21-9-5-8-20(27)17(21)3/h4-13,23,28,33H,14H2,1-3H3,(H,30,34)(H,29,31,32)/t23-/m1/s1. The molecule has 8 heteroatoms. The number of aryl methyl sites for hydroxylation is 2. The average molecular weight is 460 g/mol. The summed E-state index contributed by atoms with van der Waals surface area (Å²) in [5.41, 5.74) is 5.44. The van der Waals surface area contributed by atoms with Gasteiger partial charge in [0.2, 0.25) is 5.95 Å². The van der Waals surface area contributed by atoms with Crippen molar-refractivity contribution in [3.8, 4) is 11.3 Å². The number of nitrogens with one attached hydrogen (secondary N) is 3. The molecule has 0 saturated heterocycles. The first-order valence-electron chi connectivity index (χ1n) is 10.9. The van der Waals surface area contributed by atoms with Crippen molar-refractivity contribution >= 4 is 17.5 Å². The Bertz CT molecular complexity index is 1330. The lowest BCUT2D eigenvalue weighted by Gasteiger charge is -2.16. The molecule has 174 valence electrons. The van der Waals surface area contributed by atoms with Crippen LogP contribution in [0.2, 0.25) is 0 Å². The van der Waals surface area contributed by atoms with Gasteiger partial charge in [-0.15, -0.1) is 0 Å². The highest BCUT2D eigenvalue weighted by molar-refractivity contribution is 5.94. The topological polar surface area (TPSA) is 103 Å². The van der Waals surface area contributed by atoms with Crippen LogP contribution in [0.3, 0.4) is 0 Å². The molecule has 34 heavy (non-hydrogen) atoms. The summed E-state index contributed by atoms with van der Waals surface area (Å²) in [5, 5.41) is 15.7. The van der Waals surface area contributed by atoms with Crippen molar-refractivity contribution in [2.45, 2.75) is 26.8 Å². The highest BCUT2D eigenvalue weighted by Crippen LogP contribution is 2.26. The van der Waals surface area contributed by atoms with Crippen molar-refractivity contribution in [2.24, 2.45) is 0 Å². The van der Waals surface area contributed by atoms with Crippen LogP contribution >= 0.6 is 0 Å². The van der Waals surface area contributed by atoms with Crippen LogP contribution in [0.4, 0.5) is 16.0 Å². The minimum atomic E-state index is -0.523. The maximum atomic E-state index is 13.9. The lowest BCUT2D eigenvalue weighted by Crippen LogP contribution is -2.31. The number of anilines is 2. The Morgan fingerprint density at radius 3 is 2.71 bits per heavy atom. The molecule has 0 fully saturated rings. The number of hydrogen-bond acceptors (Lipinski definition) is 5. The lowest BCUT2D eigenvalue weighted by atomic mass is 10.0. The van der Waals surface area contributed by atoms with E-state index in [1.807, 2.05) is 38.1 Å². The summed E-state index contributed by atoms with van der Waals surface area (Å²) < 4.78 is 13.9. The summed E-state index contributed by atoms with van der Waals surface area (Å²) in [5.74, 6) is -0.334. The van der Waals surface area contributed by atoms with Crippen LogP contribution in [0.25, 0.3) is 11.3 Å². The molecule has 0 unspecified atom stereocenters. The van der Waals surface area contributed by atoms with E-state index in [4.69, 9.17) is 0 Å². The Labute approximate surface area is 197 Å². The first-order chi connectivity index (χ1) is 16.4. The number of carbonyl (C=O) groups is 1. The van der Waals surface area contributed by atoms with Crippen LogP contribution < -0.4 is 10.6 Å². The molecule has 4 aromatic rings. The number of benzene rings is 2. The SMILES string of the molecule is Cc1cccc([C@@H](CO)NC(=O)c2cc(-c3nc(Nc4cccc(F)c4C)ncc3C)c[nH]2)c1. The van der Waals surface area contributed by atoms with Crippen molar-refractivity contribution in [2.75, 3.05) is 11.9 Å². The number of aromatic nitrogens is 3. The molecule has 4 rings (SSSR count). The third-order valence-corrected chi connectivity index (χ3v) is 5.62. The Morgan fingerprint density at radius 1 is 1.15 bits per heavy atom. The van der Waals surface area contributed by atoms with Gasteiger partial charge >= 0.3 is 0 Å². The first kappa shape index (κ1) is 23.1. The molecule has 0 saturated carbocycles. The van der Waals surface area contributed by atoms with Crippen molar-refractivity contribution in [3.05, 3.63) is 94.7 Å². The minimum Gasteiger partial charge on any atom is -0.394 e. The largest absolute Gasteiger partial charge is 0.394 e. The monoisotopic (exact) mass is 459 g/mol. The number of aliphatic hydroxyl groups excluding tert-OH is 1. The summed E-state index contributed by atoms with van der Waals surface area (Å²) in [6.45, 7) is 5.29. The fraction of sp³-hybridized carbons (Fsp3) is 0.192. The van der Waals surface area contributed by atoms with Crippen molar-refractivity contribution in [1.82, 2.24) is 20.3 Å². The van der Waals surface area contributed by atoms with E-state index in [0.29, 0.717) is 34.2 Å². The predicted molar refractivity (Wildman–Crippen MR) is 129 cm³/mol. The van der Waals surface area contributed by atoms with Crippen LogP contribution in [0, 0.1) is 26.6 Å². The smallest absolute Gasteiger partial charge is 0.268 e. The number of aliphatic hydroxyl groups is 1. The van der Waals surface area contributed by atoms with Crippen LogP contribution in [-0.4, -0.2) is 32.6 Å². The van der Waals surface area contributed by atoms with Gasteiger partial charge in [0.05, 0.1) is 18.3 Å². The molecule has 1 amide bonds. The Balaban J connectivity index is 1.54. The zero-order valence-corrected chi connectivity index (χ0v) is 19.2. The quantitative estimate of drug-likeness (QED) is 0.320. The molecule has 2 heterocycles. The van der Waals surface area contributed by atoms with E-state index < -0.39 is 6.04 Å². The number of aromatic amines is 1. The molecule has 2 aromatic heterocycles. The second-order valence-corrected chi connectivity index (χ2v) is 8.19. The van der Waals surface area contributed by atoms with Gasteiger partial charge in [0.1, 0.15) is 11.5 Å². The normalized spacial score (nSPS) is 11.8. The number of amides is 1. The summed E-state index contributed by atoms with van der Waals surface area (Å²) >= 11 is 0. The van der Waals surface area contributed by atoms with E-state index in [1.54, 1.807) is 37.5 Å². The van der Waals surface area contributed by atoms with Gasteiger partial charge in [-0.1, -0.05) is 35.9 Å². The van der Waals surface area contributed by atoms with Crippen LogP contribution in [0.5, 0.6) is 0 Å². The summed E-state index contributed by atoms with van der Waals surface area (Å²) in [7, 11) is 0. The van der Waals surface area contributed by atoms with Gasteiger partial charge < -0.3 is 20.7 Å². The number of H-pyrrole nitrogens is 1. The van der Waals surface area contributed by atoms with E-state index in [9.17, 15) is 14.3 Å². The molecule has 0 aliphatic rings. The van der Waals surface area contributed by atoms with Crippen LogP contribution in [0.15, 0.2) is 60.9 Å². The van der Waals surface area contributed by atoms with Gasteiger partial charge in [-0.25, -0.2) is 14.4 Å². The Morgan fingerprint density at radius 2 is 1.94 bits per heavy atom. The molecule has 0 radical (unpaired) electrons. The third-order valence-electron chi connectivity index (χ3n) is 5.62. The maximum Gasteiger partial charge on any atom is 0.268 e. The molecule has 2 aromatic carbocycles. The molecular weight excluding hydrogens is 433 g/mol. The molecule has 0 aliphatic carbocycles. The van der Waals surface area contributed by atoms with Crippen molar-refractivity contribution in [1.29, 1.82) is 0 Å². The highest BCUT2D eigenvalue weighted by atomic mass is 19.1. The summed E-state index contributed by atoms with van der Waals surface area (Å²) in [6.07, 6.45) is 3.37. The van der Waals surface area contributed by atoms with Gasteiger partial charge in [-0.05, 0) is 50.1 Å². The van der Waals surface area contributed by atoms with E-state index in [1.165, 1.54) is 6.07 Å². The minimum absolute atomic E-state index is 0.220. The maximum absolute atomic E-state index is 13.9. The molecular formula is C26H26FN5O2. The molecule has 1 atom stereocenters. The predicted octanol–water partition coefficient (Wildman–Crippen LogP) is 4.74. The van der Waals surface area contributed by atoms with E-state index in [0.717, 1.165) is 16.7 Å². The first-order valence-corrected chi connectivity index (χ1v) is 10.9. The third kappa shape index (κ3) is 4.97. The van der Waals surface area contributed by atoms with Crippen molar-refractivity contribution in [3.63, 3.8) is 0 Å². The zero-order chi connectivity index (χ0) is 24.2. The van der Waals surface area contributed by atoms with Gasteiger partial charge in [0, 0.05) is 29.2 Å². The van der Waals surface area contributed by atoms with Gasteiger partial charge in [-0.2, -0.15) is 0 Å². The summed E-state index contributed by atoms with van der Waals surface area (Å²) in [6, 6.07) is 13.6. The fourth-order valence-corrected chi connectivity index (χ4v) is 3.68. The number of hydrogen-bond donors (Lipinski definition) is 4. The van der Waals surface area contributed by atoms with Gasteiger partial charge in [0.15, 0.2) is 0 Å². The summed E-state index contributed by atoms with van der Waals surface area (Å²) in [4.78, 5) is 24.7. The van der Waals surface area contributed by atoms with Gasteiger partial charge in [0.25, 0.3) is 5.91 Å². The molecule has 0 aliphatic heterocycles. The van der Waals surface area contributed by atoms with E-state index >= 15 is 0 Å².